The molecule has 3 unspecified atom stereocenters. The lowest BCUT2D eigenvalue weighted by atomic mass is 10.0. The molecule has 360 valence electrons. The van der Waals surface area contributed by atoms with E-state index in [1.807, 2.05) is 6.08 Å². The molecule has 3 N–H and O–H groups in total. The Morgan fingerprint density at radius 2 is 0.855 bits per heavy atom. The van der Waals surface area contributed by atoms with Gasteiger partial charge in [-0.25, -0.2) is 0 Å². The number of carbonyl (C=O) groups is 2. The minimum Gasteiger partial charge on any atom is -0.461 e. The van der Waals surface area contributed by atoms with E-state index in [9.17, 15) is 19.8 Å². The highest BCUT2D eigenvalue weighted by molar-refractivity contribution is 5.77. The van der Waals surface area contributed by atoms with Gasteiger partial charge in [0.25, 0.3) is 0 Å². The first-order chi connectivity index (χ1) is 30.5. The SMILES string of the molecule is CCCCC/C=C\C/C=C\C/C=C\C/C=C\CC(CC(=O)NC(CO)C(O)CCCCCCCCCCCCCCCCCC)OC(=O)CCCCCCC/C=C\CCCCC. The van der Waals surface area contributed by atoms with Gasteiger partial charge in [0.05, 0.1) is 25.2 Å². The van der Waals surface area contributed by atoms with Gasteiger partial charge in [0.2, 0.25) is 5.91 Å². The minimum atomic E-state index is -0.813. The van der Waals surface area contributed by atoms with E-state index in [-0.39, 0.29) is 24.9 Å². The van der Waals surface area contributed by atoms with Crippen molar-refractivity contribution in [1.29, 1.82) is 0 Å². The summed E-state index contributed by atoms with van der Waals surface area (Å²) in [6.45, 7) is 6.41. The molecule has 0 aromatic heterocycles. The van der Waals surface area contributed by atoms with Crippen molar-refractivity contribution >= 4 is 11.9 Å². The van der Waals surface area contributed by atoms with E-state index in [1.165, 1.54) is 148 Å². The first-order valence-corrected chi connectivity index (χ1v) is 26.5. The number of allylic oxidation sites excluding steroid dienone is 9. The van der Waals surface area contributed by atoms with E-state index in [1.54, 1.807) is 0 Å². The van der Waals surface area contributed by atoms with E-state index in [4.69, 9.17) is 4.74 Å². The smallest absolute Gasteiger partial charge is 0.306 e. The maximum absolute atomic E-state index is 13.2. The maximum Gasteiger partial charge on any atom is 0.306 e. The second kappa shape index (κ2) is 49.6. The van der Waals surface area contributed by atoms with Crippen LogP contribution in [-0.4, -0.2) is 46.9 Å². The Labute approximate surface area is 384 Å². The Kier molecular flexibility index (Phi) is 47.6. The number of rotatable bonds is 47. The van der Waals surface area contributed by atoms with Crippen LogP contribution in [0.15, 0.2) is 60.8 Å². The van der Waals surface area contributed by atoms with Crippen LogP contribution in [0.5, 0.6) is 0 Å². The lowest BCUT2D eigenvalue weighted by Gasteiger charge is -2.24. The van der Waals surface area contributed by atoms with Crippen LogP contribution < -0.4 is 5.32 Å². The van der Waals surface area contributed by atoms with Crippen molar-refractivity contribution in [2.45, 2.75) is 277 Å². The van der Waals surface area contributed by atoms with Crippen LogP contribution >= 0.6 is 0 Å². The Morgan fingerprint density at radius 1 is 0.484 bits per heavy atom. The summed E-state index contributed by atoms with van der Waals surface area (Å²) >= 11 is 0. The molecule has 0 aromatic carbocycles. The molecule has 0 saturated heterocycles. The lowest BCUT2D eigenvalue weighted by Crippen LogP contribution is -2.46. The first-order valence-electron chi connectivity index (χ1n) is 26.5. The van der Waals surface area contributed by atoms with Gasteiger partial charge in [0.15, 0.2) is 0 Å². The molecule has 0 aliphatic heterocycles. The monoisotopic (exact) mass is 868 g/mol. The van der Waals surface area contributed by atoms with Crippen LogP contribution in [0.2, 0.25) is 0 Å². The van der Waals surface area contributed by atoms with E-state index in [0.29, 0.717) is 19.3 Å². The number of unbranched alkanes of at least 4 members (excludes halogenated alkanes) is 26. The van der Waals surface area contributed by atoms with Gasteiger partial charge >= 0.3 is 5.97 Å². The van der Waals surface area contributed by atoms with Crippen LogP contribution in [-0.2, 0) is 14.3 Å². The number of nitrogens with one attached hydrogen (secondary N) is 1. The first kappa shape index (κ1) is 59.6. The van der Waals surface area contributed by atoms with Crippen molar-refractivity contribution in [3.8, 4) is 0 Å². The average Bonchev–Trinajstić information content (AvgIpc) is 3.26. The summed E-state index contributed by atoms with van der Waals surface area (Å²) in [5.41, 5.74) is 0. The van der Waals surface area contributed by atoms with Crippen molar-refractivity contribution in [3.05, 3.63) is 60.8 Å². The molecule has 1 amide bonds. The second-order valence-corrected chi connectivity index (χ2v) is 17.9. The van der Waals surface area contributed by atoms with Crippen molar-refractivity contribution in [3.63, 3.8) is 0 Å². The van der Waals surface area contributed by atoms with Crippen molar-refractivity contribution < 1.29 is 24.5 Å². The van der Waals surface area contributed by atoms with Crippen molar-refractivity contribution in [2.24, 2.45) is 0 Å². The predicted molar refractivity (Wildman–Crippen MR) is 268 cm³/mol. The number of ether oxygens (including phenoxy) is 1. The van der Waals surface area contributed by atoms with E-state index >= 15 is 0 Å². The predicted octanol–water partition coefficient (Wildman–Crippen LogP) is 16.0. The Balaban J connectivity index is 4.67. The Bertz CT molecular complexity index is 1110. The number of carbonyl (C=O) groups excluding carboxylic acids is 2. The number of aliphatic hydroxyl groups excluding tert-OH is 2. The van der Waals surface area contributed by atoms with Gasteiger partial charge in [0.1, 0.15) is 6.10 Å². The highest BCUT2D eigenvalue weighted by Crippen LogP contribution is 2.16. The van der Waals surface area contributed by atoms with Gasteiger partial charge in [-0.15, -0.1) is 0 Å². The van der Waals surface area contributed by atoms with Crippen LogP contribution in [0, 0.1) is 0 Å². The minimum absolute atomic E-state index is 0.00199. The molecule has 0 rings (SSSR count). The highest BCUT2D eigenvalue weighted by atomic mass is 16.5. The Hall–Kier alpha value is -2.44. The Morgan fingerprint density at radius 3 is 1.34 bits per heavy atom. The average molecular weight is 868 g/mol. The molecule has 0 saturated carbocycles. The number of hydrogen-bond donors (Lipinski definition) is 3. The van der Waals surface area contributed by atoms with E-state index in [0.717, 1.165) is 64.2 Å². The van der Waals surface area contributed by atoms with E-state index < -0.39 is 18.2 Å². The molecule has 0 radical (unpaired) electrons. The number of aliphatic hydroxyl groups is 2. The fourth-order valence-corrected chi connectivity index (χ4v) is 7.76. The largest absolute Gasteiger partial charge is 0.461 e. The summed E-state index contributed by atoms with van der Waals surface area (Å²) < 4.78 is 5.86. The zero-order valence-electron chi connectivity index (χ0n) is 41.0. The molecular formula is C56H101NO5. The summed E-state index contributed by atoms with van der Waals surface area (Å²) in [4.78, 5) is 26.1. The molecule has 6 nitrogen and oxygen atoms in total. The van der Waals surface area contributed by atoms with Crippen molar-refractivity contribution in [1.82, 2.24) is 5.32 Å². The third-order valence-electron chi connectivity index (χ3n) is 11.8. The fourth-order valence-electron chi connectivity index (χ4n) is 7.76. The van der Waals surface area contributed by atoms with Gasteiger partial charge in [0, 0.05) is 12.8 Å². The number of hydrogen-bond acceptors (Lipinski definition) is 5. The van der Waals surface area contributed by atoms with Gasteiger partial charge in [-0.3, -0.25) is 9.59 Å². The summed E-state index contributed by atoms with van der Waals surface area (Å²) in [6.07, 6.45) is 61.5. The molecule has 0 spiro atoms. The molecular weight excluding hydrogens is 767 g/mol. The maximum atomic E-state index is 13.2. The molecule has 6 heteroatoms. The van der Waals surface area contributed by atoms with E-state index in [2.05, 4.69) is 80.8 Å². The lowest BCUT2D eigenvalue weighted by molar-refractivity contribution is -0.150. The summed E-state index contributed by atoms with van der Waals surface area (Å²) in [7, 11) is 0. The fraction of sp³-hybridized carbons (Fsp3) is 0.786. The summed E-state index contributed by atoms with van der Waals surface area (Å²) in [5, 5.41) is 23.8. The van der Waals surface area contributed by atoms with Crippen LogP contribution in [0.1, 0.15) is 258 Å². The zero-order valence-corrected chi connectivity index (χ0v) is 41.0. The molecule has 0 aliphatic carbocycles. The third-order valence-corrected chi connectivity index (χ3v) is 11.8. The zero-order chi connectivity index (χ0) is 45.2. The van der Waals surface area contributed by atoms with Gasteiger partial charge in [-0.2, -0.15) is 0 Å². The molecule has 0 aliphatic rings. The number of esters is 1. The molecule has 3 atom stereocenters. The molecule has 0 fully saturated rings. The topological polar surface area (TPSA) is 95.9 Å². The molecule has 0 bridgehead atoms. The normalized spacial score (nSPS) is 13.7. The van der Waals surface area contributed by atoms with Crippen LogP contribution in [0.25, 0.3) is 0 Å². The van der Waals surface area contributed by atoms with Crippen LogP contribution in [0.4, 0.5) is 0 Å². The van der Waals surface area contributed by atoms with Gasteiger partial charge in [-0.05, 0) is 70.6 Å². The third kappa shape index (κ3) is 44.2. The highest BCUT2D eigenvalue weighted by Gasteiger charge is 2.23. The molecule has 0 heterocycles. The summed E-state index contributed by atoms with van der Waals surface area (Å²) in [6, 6.07) is -0.733. The molecule has 62 heavy (non-hydrogen) atoms. The number of amides is 1. The standard InChI is InChI=1S/C56H101NO5/c1-4-7-10-13-16-19-22-25-27-29-31-33-36-39-42-45-48-54(59)53(51-58)57-55(60)50-52(47-44-41-38-35-32-30-28-26-23-20-17-14-11-8-5-2)62-56(61)49-46-43-40-37-34-24-21-18-15-12-9-6-3/h17-18,20-21,26,28,32,35,41,44,52-54,58-59H,4-16,19,22-25,27,29-31,33-34,36-40,42-43,45-51H2,1-3H3,(H,57,60)/b20-17-,21-18-,28-26-,35-32-,44-41-. The second-order valence-electron chi connectivity index (χ2n) is 17.9. The van der Waals surface area contributed by atoms with Crippen LogP contribution in [0.3, 0.4) is 0 Å². The quantitative estimate of drug-likeness (QED) is 0.0322. The van der Waals surface area contributed by atoms with Crippen molar-refractivity contribution in [2.75, 3.05) is 6.61 Å². The van der Waals surface area contributed by atoms with Gasteiger partial charge in [-0.1, -0.05) is 229 Å². The summed E-state index contributed by atoms with van der Waals surface area (Å²) in [5.74, 6) is -0.584. The van der Waals surface area contributed by atoms with Gasteiger partial charge < -0.3 is 20.3 Å². The molecule has 0 aromatic rings.